The van der Waals surface area contributed by atoms with Gasteiger partial charge in [-0.05, 0) is 38.6 Å². The Labute approximate surface area is 193 Å². The number of aromatic nitrogens is 1. The molecule has 8 nitrogen and oxygen atoms in total. The fourth-order valence-electron chi connectivity index (χ4n) is 4.50. The van der Waals surface area contributed by atoms with Crippen LogP contribution in [-0.2, 0) is 5.41 Å². The number of non-ortho nitro benzene ring substituents is 1. The number of anilines is 1. The molecule has 0 saturated carbocycles. The van der Waals surface area contributed by atoms with Crippen molar-refractivity contribution in [2.75, 3.05) is 32.1 Å². The number of rotatable bonds is 4. The van der Waals surface area contributed by atoms with Crippen LogP contribution < -0.4 is 4.90 Å². The molecule has 1 aliphatic rings. The van der Waals surface area contributed by atoms with Gasteiger partial charge in [0.1, 0.15) is 11.6 Å². The molecule has 0 N–H and O–H groups in total. The minimum absolute atomic E-state index is 0.0111. The first kappa shape index (κ1) is 22.7. The van der Waals surface area contributed by atoms with Crippen LogP contribution in [0.3, 0.4) is 0 Å². The van der Waals surface area contributed by atoms with Gasteiger partial charge in [-0.2, -0.15) is 5.26 Å². The van der Waals surface area contributed by atoms with Gasteiger partial charge >= 0.3 is 0 Å². The van der Waals surface area contributed by atoms with E-state index in [1.54, 1.807) is 12.1 Å². The maximum absolute atomic E-state index is 11.5. The molecule has 1 atom stereocenters. The van der Waals surface area contributed by atoms with Crippen molar-refractivity contribution >= 4 is 22.5 Å². The van der Waals surface area contributed by atoms with Crippen molar-refractivity contribution in [3.63, 3.8) is 0 Å². The first-order valence-electron chi connectivity index (χ1n) is 11.1. The summed E-state index contributed by atoms with van der Waals surface area (Å²) in [6, 6.07) is 9.27. The van der Waals surface area contributed by atoms with Crippen molar-refractivity contribution in [3.05, 3.63) is 51.4 Å². The number of nitriles is 1. The molecule has 2 heterocycles. The van der Waals surface area contributed by atoms with E-state index in [4.69, 9.17) is 9.40 Å². The van der Waals surface area contributed by atoms with Gasteiger partial charge in [-0.15, -0.1) is 0 Å². The van der Waals surface area contributed by atoms with Gasteiger partial charge in [0, 0.05) is 42.2 Å². The molecule has 0 bridgehead atoms. The summed E-state index contributed by atoms with van der Waals surface area (Å²) in [4.78, 5) is 20.3. The lowest BCUT2D eigenvalue weighted by atomic mass is 9.92. The second-order valence-electron chi connectivity index (χ2n) is 9.94. The molecule has 0 aliphatic carbocycles. The molecule has 1 fully saturated rings. The third-order valence-electron chi connectivity index (χ3n) is 6.37. The number of hydrogen-bond acceptors (Lipinski definition) is 7. The Hall–Kier alpha value is -3.44. The van der Waals surface area contributed by atoms with E-state index in [-0.39, 0.29) is 11.1 Å². The van der Waals surface area contributed by atoms with Crippen LogP contribution in [0.15, 0.2) is 28.7 Å². The highest BCUT2D eigenvalue weighted by Gasteiger charge is 2.33. The summed E-state index contributed by atoms with van der Waals surface area (Å²) < 4.78 is 6.36. The lowest BCUT2D eigenvalue weighted by Gasteiger charge is -2.25. The fourth-order valence-corrected chi connectivity index (χ4v) is 4.50. The van der Waals surface area contributed by atoms with Gasteiger partial charge < -0.3 is 14.2 Å². The summed E-state index contributed by atoms with van der Waals surface area (Å²) in [5, 5.41) is 21.5. The Bertz CT molecular complexity index is 1280. The third-order valence-corrected chi connectivity index (χ3v) is 6.37. The second kappa shape index (κ2) is 8.16. The van der Waals surface area contributed by atoms with Crippen molar-refractivity contribution in [2.45, 2.75) is 45.6 Å². The summed E-state index contributed by atoms with van der Waals surface area (Å²) >= 11 is 0. The minimum atomic E-state index is -0.397. The molecule has 3 aromatic rings. The van der Waals surface area contributed by atoms with Crippen LogP contribution >= 0.6 is 0 Å². The second-order valence-corrected chi connectivity index (χ2v) is 9.94. The topological polar surface area (TPSA) is 99.4 Å². The molecule has 1 aromatic heterocycles. The number of likely N-dealkylation sites (N-methyl/N-ethyl adjacent to an activating group) is 1. The average Bonchev–Trinajstić information content (AvgIpc) is 3.40. The van der Waals surface area contributed by atoms with Crippen LogP contribution in [-0.4, -0.2) is 48.0 Å². The van der Waals surface area contributed by atoms with Crippen LogP contribution in [0.5, 0.6) is 0 Å². The van der Waals surface area contributed by atoms with Crippen LogP contribution in [0.4, 0.5) is 11.4 Å². The van der Waals surface area contributed by atoms with E-state index in [2.05, 4.69) is 30.0 Å². The number of nitrogens with zero attached hydrogens (tertiary/aromatic N) is 5. The molecule has 0 amide bonds. The van der Waals surface area contributed by atoms with Crippen LogP contribution in [0.25, 0.3) is 22.2 Å². The van der Waals surface area contributed by atoms with Crippen LogP contribution in [0.1, 0.15) is 44.2 Å². The van der Waals surface area contributed by atoms with Crippen molar-refractivity contribution in [1.29, 1.82) is 5.26 Å². The SMILES string of the molecule is Cc1c(-c2cccc([N+](=O)[O-])c2)c(N2CC[C@H](N(C)C)C2)c2oc(C(C)(C)C)nc2c1C#N. The van der Waals surface area contributed by atoms with E-state index in [1.165, 1.54) is 6.07 Å². The lowest BCUT2D eigenvalue weighted by Crippen LogP contribution is -2.31. The Morgan fingerprint density at radius 1 is 1.33 bits per heavy atom. The zero-order valence-electron chi connectivity index (χ0n) is 20.0. The molecule has 0 unspecified atom stereocenters. The number of nitro benzene ring substituents is 1. The van der Waals surface area contributed by atoms with Crippen LogP contribution in [0, 0.1) is 28.4 Å². The zero-order valence-corrected chi connectivity index (χ0v) is 20.0. The van der Waals surface area contributed by atoms with Crippen molar-refractivity contribution < 1.29 is 9.34 Å². The minimum Gasteiger partial charge on any atom is -0.438 e. The summed E-state index contributed by atoms with van der Waals surface area (Å²) in [6.07, 6.45) is 0.988. The Morgan fingerprint density at radius 3 is 2.64 bits per heavy atom. The Balaban J connectivity index is 2.07. The first-order valence-corrected chi connectivity index (χ1v) is 11.1. The molecule has 8 heteroatoms. The number of hydrogen-bond donors (Lipinski definition) is 0. The van der Waals surface area contributed by atoms with E-state index in [9.17, 15) is 15.4 Å². The monoisotopic (exact) mass is 447 g/mol. The van der Waals surface area contributed by atoms with Crippen molar-refractivity contribution in [3.8, 4) is 17.2 Å². The van der Waals surface area contributed by atoms with E-state index in [0.717, 1.165) is 36.3 Å². The zero-order chi connectivity index (χ0) is 24.1. The quantitative estimate of drug-likeness (QED) is 0.409. The van der Waals surface area contributed by atoms with Gasteiger partial charge in [0.2, 0.25) is 5.89 Å². The molecule has 0 radical (unpaired) electrons. The molecule has 172 valence electrons. The first-order chi connectivity index (χ1) is 15.5. The fraction of sp³-hybridized carbons (Fsp3) is 0.440. The Kier molecular flexibility index (Phi) is 5.62. The molecule has 1 saturated heterocycles. The third kappa shape index (κ3) is 3.93. The maximum Gasteiger partial charge on any atom is 0.270 e. The van der Waals surface area contributed by atoms with E-state index >= 15 is 0 Å². The van der Waals surface area contributed by atoms with Crippen LogP contribution in [0.2, 0.25) is 0 Å². The molecule has 33 heavy (non-hydrogen) atoms. The average molecular weight is 448 g/mol. The van der Waals surface area contributed by atoms with Gasteiger partial charge in [0.05, 0.1) is 16.2 Å². The molecule has 4 rings (SSSR count). The summed E-state index contributed by atoms with van der Waals surface area (Å²) in [5.74, 6) is 0.564. The van der Waals surface area contributed by atoms with E-state index < -0.39 is 4.92 Å². The normalized spacial score (nSPS) is 16.5. The largest absolute Gasteiger partial charge is 0.438 e. The number of benzene rings is 2. The standard InChI is InChI=1S/C25H29N5O3/c1-15-19(13-26)21-23(33-24(27-21)25(2,3)4)22(29-11-10-18(14-29)28(5)6)20(15)16-8-7-9-17(12-16)30(31)32/h7-9,12,18H,10-11,14H2,1-6H3/t18-/m0/s1. The van der Waals surface area contributed by atoms with Gasteiger partial charge in [-0.3, -0.25) is 10.1 Å². The van der Waals surface area contributed by atoms with Gasteiger partial charge in [-0.25, -0.2) is 4.98 Å². The Morgan fingerprint density at radius 2 is 2.06 bits per heavy atom. The molecular formula is C25H29N5O3. The molecule has 1 aliphatic heterocycles. The summed E-state index contributed by atoms with van der Waals surface area (Å²) in [7, 11) is 4.14. The summed E-state index contributed by atoms with van der Waals surface area (Å²) in [6.45, 7) is 9.57. The predicted molar refractivity (Wildman–Crippen MR) is 129 cm³/mol. The lowest BCUT2D eigenvalue weighted by molar-refractivity contribution is -0.384. The number of fused-ring (bicyclic) bond motifs is 1. The van der Waals surface area contributed by atoms with Crippen molar-refractivity contribution in [2.24, 2.45) is 0 Å². The highest BCUT2D eigenvalue weighted by atomic mass is 16.6. The van der Waals surface area contributed by atoms with Gasteiger partial charge in [0.25, 0.3) is 5.69 Å². The van der Waals surface area contributed by atoms with E-state index in [0.29, 0.717) is 34.2 Å². The number of nitro groups is 1. The smallest absolute Gasteiger partial charge is 0.270 e. The molecule has 2 aromatic carbocycles. The van der Waals surface area contributed by atoms with E-state index in [1.807, 2.05) is 33.8 Å². The highest BCUT2D eigenvalue weighted by Crippen LogP contribution is 2.45. The number of oxazole rings is 1. The summed E-state index contributed by atoms with van der Waals surface area (Å²) in [5.41, 5.74) is 4.34. The highest BCUT2D eigenvalue weighted by molar-refractivity contribution is 6.02. The van der Waals surface area contributed by atoms with Gasteiger partial charge in [-0.1, -0.05) is 32.9 Å². The van der Waals surface area contributed by atoms with Gasteiger partial charge in [0.15, 0.2) is 5.58 Å². The molecule has 0 spiro atoms. The maximum atomic E-state index is 11.5. The molecular weight excluding hydrogens is 418 g/mol. The predicted octanol–water partition coefficient (Wildman–Crippen LogP) is 5.02. The van der Waals surface area contributed by atoms with Crippen molar-refractivity contribution in [1.82, 2.24) is 9.88 Å².